The zero-order valence-electron chi connectivity index (χ0n) is 18.5. The van der Waals surface area contributed by atoms with Crippen LogP contribution >= 0.6 is 11.3 Å². The largest absolute Gasteiger partial charge is 0.497 e. The maximum Gasteiger partial charge on any atom is 0.380 e. The van der Waals surface area contributed by atoms with Crippen molar-refractivity contribution >= 4 is 27.5 Å². The van der Waals surface area contributed by atoms with E-state index in [4.69, 9.17) is 9.88 Å². The Morgan fingerprint density at radius 2 is 1.73 bits per heavy atom. The molecule has 3 rings (SSSR count). The first-order valence-corrected chi connectivity index (χ1v) is 12.8. The van der Waals surface area contributed by atoms with E-state index in [0.717, 1.165) is 34.0 Å². The predicted octanol–water partition coefficient (Wildman–Crippen LogP) is 3.33. The van der Waals surface area contributed by atoms with E-state index in [9.17, 15) is 13.2 Å². The minimum absolute atomic E-state index is 0.0711. The van der Waals surface area contributed by atoms with Crippen LogP contribution in [0.3, 0.4) is 0 Å². The van der Waals surface area contributed by atoms with Gasteiger partial charge in [0.25, 0.3) is 0 Å². The summed E-state index contributed by atoms with van der Waals surface area (Å²) < 4.78 is 32.0. The quantitative estimate of drug-likeness (QED) is 0.426. The van der Waals surface area contributed by atoms with Crippen LogP contribution in [0.5, 0.6) is 11.5 Å². The van der Waals surface area contributed by atoms with Crippen molar-refractivity contribution in [2.45, 2.75) is 38.6 Å². The van der Waals surface area contributed by atoms with Gasteiger partial charge < -0.3 is 14.2 Å². The van der Waals surface area contributed by atoms with Gasteiger partial charge in [0.15, 0.2) is 0 Å². The molecule has 1 amide bonds. The molecule has 0 bridgehead atoms. The molecule has 0 saturated carbocycles. The molecule has 3 aromatic rings. The molecular formula is C23H27N3O5S2. The van der Waals surface area contributed by atoms with E-state index in [1.807, 2.05) is 36.6 Å². The molecule has 176 valence electrons. The Bertz CT molecular complexity index is 1160. The molecule has 1 atom stereocenters. The maximum absolute atomic E-state index is 12.7. The van der Waals surface area contributed by atoms with Crippen molar-refractivity contribution in [3.8, 4) is 11.5 Å². The van der Waals surface area contributed by atoms with Gasteiger partial charge in [-0.3, -0.25) is 4.79 Å². The number of nitrogens with one attached hydrogen (secondary N) is 1. The first kappa shape index (κ1) is 24.7. The van der Waals surface area contributed by atoms with Crippen LogP contribution in [0.15, 0.2) is 53.9 Å². The van der Waals surface area contributed by atoms with E-state index < -0.39 is 10.3 Å². The van der Waals surface area contributed by atoms with Crippen molar-refractivity contribution in [2.75, 3.05) is 7.11 Å². The molecule has 33 heavy (non-hydrogen) atoms. The summed E-state index contributed by atoms with van der Waals surface area (Å²) in [6.45, 7) is 2.03. The third-order valence-corrected chi connectivity index (χ3v) is 6.37. The number of carbonyl (C=O) groups is 1. The third-order valence-electron chi connectivity index (χ3n) is 4.94. The van der Waals surface area contributed by atoms with Crippen molar-refractivity contribution in [1.29, 1.82) is 0 Å². The normalized spacial score (nSPS) is 12.2. The summed E-state index contributed by atoms with van der Waals surface area (Å²) in [5, 5.41) is 10.8. The SMILES string of the molecule is CCc1csc([C@H](Cc2ccc(OS(N)(=O)=O)cc2)NC(=O)CCc2ccc(OC)cc2)n1. The van der Waals surface area contributed by atoms with Crippen LogP contribution in [0.25, 0.3) is 0 Å². The highest BCUT2D eigenvalue weighted by Crippen LogP contribution is 2.24. The fourth-order valence-corrected chi connectivity index (χ4v) is 4.54. The number of hydrogen-bond acceptors (Lipinski definition) is 7. The van der Waals surface area contributed by atoms with E-state index in [2.05, 4.69) is 14.5 Å². The lowest BCUT2D eigenvalue weighted by Crippen LogP contribution is -2.30. The summed E-state index contributed by atoms with van der Waals surface area (Å²) in [6.07, 6.45) is 2.27. The second-order valence-corrected chi connectivity index (χ2v) is 9.46. The van der Waals surface area contributed by atoms with Crippen LogP contribution in [0, 0.1) is 0 Å². The van der Waals surface area contributed by atoms with Crippen LogP contribution in [-0.4, -0.2) is 26.4 Å². The van der Waals surface area contributed by atoms with Crippen LogP contribution in [0.2, 0.25) is 0 Å². The lowest BCUT2D eigenvalue weighted by atomic mass is 10.1. The van der Waals surface area contributed by atoms with Gasteiger partial charge in [-0.05, 0) is 54.7 Å². The molecule has 3 N–H and O–H groups in total. The second kappa shape index (κ2) is 11.3. The van der Waals surface area contributed by atoms with Gasteiger partial charge in [0.2, 0.25) is 5.91 Å². The first-order valence-electron chi connectivity index (χ1n) is 10.4. The molecule has 8 nitrogen and oxygen atoms in total. The van der Waals surface area contributed by atoms with Gasteiger partial charge in [0.05, 0.1) is 18.8 Å². The zero-order valence-corrected chi connectivity index (χ0v) is 20.1. The van der Waals surface area contributed by atoms with E-state index in [1.165, 1.54) is 23.5 Å². The van der Waals surface area contributed by atoms with Gasteiger partial charge in [-0.25, -0.2) is 4.98 Å². The van der Waals surface area contributed by atoms with E-state index >= 15 is 0 Å². The van der Waals surface area contributed by atoms with Crippen LogP contribution < -0.4 is 19.4 Å². The fourth-order valence-electron chi connectivity index (χ4n) is 3.21. The number of hydrogen-bond donors (Lipinski definition) is 2. The van der Waals surface area contributed by atoms with Crippen LogP contribution in [-0.2, 0) is 34.4 Å². The van der Waals surface area contributed by atoms with Gasteiger partial charge in [-0.2, -0.15) is 13.6 Å². The van der Waals surface area contributed by atoms with Crippen LogP contribution in [0.4, 0.5) is 0 Å². The molecule has 0 spiro atoms. The summed E-state index contributed by atoms with van der Waals surface area (Å²) in [4.78, 5) is 17.4. The highest BCUT2D eigenvalue weighted by Gasteiger charge is 2.19. The summed E-state index contributed by atoms with van der Waals surface area (Å²) in [6, 6.07) is 13.9. The van der Waals surface area contributed by atoms with Gasteiger partial charge in [-0.1, -0.05) is 31.2 Å². The summed E-state index contributed by atoms with van der Waals surface area (Å²) >= 11 is 1.51. The van der Waals surface area contributed by atoms with E-state index in [0.29, 0.717) is 19.3 Å². The van der Waals surface area contributed by atoms with Crippen molar-refractivity contribution in [2.24, 2.45) is 5.14 Å². The molecular weight excluding hydrogens is 462 g/mol. The number of nitrogens with zero attached hydrogens (tertiary/aromatic N) is 1. The summed E-state index contributed by atoms with van der Waals surface area (Å²) in [5.41, 5.74) is 2.92. The molecule has 0 unspecified atom stereocenters. The second-order valence-electron chi connectivity index (χ2n) is 7.42. The fraction of sp³-hybridized carbons (Fsp3) is 0.304. The van der Waals surface area contributed by atoms with Gasteiger partial charge in [0, 0.05) is 11.8 Å². The molecule has 0 aliphatic carbocycles. The van der Waals surface area contributed by atoms with Crippen molar-refractivity contribution in [3.63, 3.8) is 0 Å². The number of methoxy groups -OCH3 is 1. The van der Waals surface area contributed by atoms with Crippen molar-refractivity contribution < 1.29 is 22.1 Å². The average molecular weight is 490 g/mol. The minimum atomic E-state index is -4.08. The number of benzene rings is 2. The number of rotatable bonds is 11. The molecule has 10 heteroatoms. The molecule has 1 heterocycles. The molecule has 0 aliphatic rings. The topological polar surface area (TPSA) is 121 Å². The highest BCUT2D eigenvalue weighted by molar-refractivity contribution is 7.84. The molecule has 0 saturated heterocycles. The smallest absolute Gasteiger partial charge is 0.380 e. The minimum Gasteiger partial charge on any atom is -0.497 e. The van der Waals surface area contributed by atoms with Crippen LogP contribution in [0.1, 0.15) is 41.2 Å². The number of nitrogens with two attached hydrogens (primary N) is 1. The molecule has 0 radical (unpaired) electrons. The number of thiazole rings is 1. The number of carbonyl (C=O) groups excluding carboxylic acids is 1. The zero-order chi connectivity index (χ0) is 23.8. The number of ether oxygens (including phenoxy) is 1. The molecule has 0 fully saturated rings. The number of aromatic nitrogens is 1. The Balaban J connectivity index is 1.68. The maximum atomic E-state index is 12.7. The molecule has 0 aliphatic heterocycles. The monoisotopic (exact) mass is 489 g/mol. The Labute approximate surface area is 198 Å². The number of aryl methyl sites for hydroxylation is 2. The van der Waals surface area contributed by atoms with Gasteiger partial charge >= 0.3 is 10.3 Å². The van der Waals surface area contributed by atoms with Gasteiger partial charge in [0.1, 0.15) is 16.5 Å². The third kappa shape index (κ3) is 7.85. The van der Waals surface area contributed by atoms with Gasteiger partial charge in [-0.15, -0.1) is 11.3 Å². The Hall–Kier alpha value is -2.95. The lowest BCUT2D eigenvalue weighted by Gasteiger charge is -2.17. The van der Waals surface area contributed by atoms with Crippen molar-refractivity contribution in [1.82, 2.24) is 10.3 Å². The highest BCUT2D eigenvalue weighted by atomic mass is 32.2. The standard InChI is InChI=1S/C23H27N3O5S2/c1-3-18-15-32-23(25-18)21(14-17-6-11-20(12-7-17)31-33(24,28)29)26-22(27)13-8-16-4-9-19(30-2)10-5-16/h4-7,9-12,15,21H,3,8,13-14H2,1-2H3,(H,26,27)(H2,24,28,29)/t21-/m0/s1. The average Bonchev–Trinajstić information content (AvgIpc) is 3.27. The molecule has 2 aromatic carbocycles. The van der Waals surface area contributed by atoms with E-state index in [1.54, 1.807) is 19.2 Å². The Kier molecular flexibility index (Phi) is 8.43. The van der Waals surface area contributed by atoms with E-state index in [-0.39, 0.29) is 17.7 Å². The first-order chi connectivity index (χ1) is 15.8. The Morgan fingerprint density at radius 3 is 2.30 bits per heavy atom. The number of amides is 1. The Morgan fingerprint density at radius 1 is 1.09 bits per heavy atom. The lowest BCUT2D eigenvalue weighted by molar-refractivity contribution is -0.121. The predicted molar refractivity (Wildman–Crippen MR) is 128 cm³/mol. The molecule has 1 aromatic heterocycles. The summed E-state index contributed by atoms with van der Waals surface area (Å²) in [5.74, 6) is 0.835. The summed E-state index contributed by atoms with van der Waals surface area (Å²) in [7, 11) is -2.46. The van der Waals surface area contributed by atoms with Crippen molar-refractivity contribution in [3.05, 3.63) is 75.7 Å².